The van der Waals surface area contributed by atoms with E-state index in [1.165, 1.54) is 25.8 Å². The summed E-state index contributed by atoms with van der Waals surface area (Å²) in [5.41, 5.74) is 1.00. The van der Waals surface area contributed by atoms with E-state index in [0.29, 0.717) is 12.1 Å². The van der Waals surface area contributed by atoms with Crippen LogP contribution in [0.4, 0.5) is 5.82 Å². The molecule has 2 aliphatic rings. The number of aromatic nitrogens is 2. The van der Waals surface area contributed by atoms with Gasteiger partial charge in [-0.3, -0.25) is 9.88 Å². The summed E-state index contributed by atoms with van der Waals surface area (Å²) in [5, 5.41) is 3.11. The average molecular weight is 275 g/mol. The highest BCUT2D eigenvalue weighted by Gasteiger charge is 2.33. The maximum absolute atomic E-state index is 4.61. The first-order valence-electron chi connectivity index (χ1n) is 7.74. The minimum atomic E-state index is 0.522. The predicted octanol–water partition coefficient (Wildman–Crippen LogP) is 1.26. The zero-order valence-corrected chi connectivity index (χ0v) is 12.5. The fraction of sp³-hybridized carbons (Fsp3) is 0.733. The Morgan fingerprint density at radius 3 is 2.90 bits per heavy atom. The van der Waals surface area contributed by atoms with Crippen molar-refractivity contribution in [1.82, 2.24) is 20.2 Å². The molecule has 5 nitrogen and oxygen atoms in total. The topological polar surface area (TPSA) is 44.3 Å². The van der Waals surface area contributed by atoms with E-state index in [-0.39, 0.29) is 0 Å². The number of hydrogen-bond donors (Lipinski definition) is 1. The molecule has 2 atom stereocenters. The Morgan fingerprint density at radius 2 is 2.15 bits per heavy atom. The van der Waals surface area contributed by atoms with Crippen molar-refractivity contribution in [2.24, 2.45) is 0 Å². The number of piperazine rings is 1. The summed E-state index contributed by atoms with van der Waals surface area (Å²) in [7, 11) is 1.93. The number of nitrogens with one attached hydrogen (secondary N) is 1. The second-order valence-corrected chi connectivity index (χ2v) is 6.04. The van der Waals surface area contributed by atoms with Gasteiger partial charge >= 0.3 is 0 Å². The van der Waals surface area contributed by atoms with Gasteiger partial charge in [-0.15, -0.1) is 0 Å². The smallest absolute Gasteiger partial charge is 0.147 e. The minimum absolute atomic E-state index is 0.522. The summed E-state index contributed by atoms with van der Waals surface area (Å²) >= 11 is 0. The summed E-state index contributed by atoms with van der Waals surface area (Å²) in [5.74, 6) is 1.03. The lowest BCUT2D eigenvalue weighted by Gasteiger charge is -2.47. The Bertz CT molecular complexity index is 432. The molecule has 2 aliphatic heterocycles. The van der Waals surface area contributed by atoms with Gasteiger partial charge in [0.05, 0.1) is 18.1 Å². The molecule has 1 aromatic heterocycles. The van der Waals surface area contributed by atoms with Crippen LogP contribution in [-0.2, 0) is 6.54 Å². The highest BCUT2D eigenvalue weighted by atomic mass is 15.3. The van der Waals surface area contributed by atoms with Crippen LogP contribution in [0.25, 0.3) is 0 Å². The molecule has 2 unspecified atom stereocenters. The van der Waals surface area contributed by atoms with Crippen molar-refractivity contribution in [2.45, 2.75) is 44.8 Å². The molecule has 1 aromatic rings. The van der Waals surface area contributed by atoms with E-state index in [0.717, 1.165) is 31.1 Å². The van der Waals surface area contributed by atoms with E-state index in [2.05, 4.69) is 32.0 Å². The number of rotatable bonds is 3. The third-order valence-electron chi connectivity index (χ3n) is 4.53. The van der Waals surface area contributed by atoms with Crippen LogP contribution in [0.3, 0.4) is 0 Å². The molecule has 0 spiro atoms. The van der Waals surface area contributed by atoms with Crippen molar-refractivity contribution in [3.05, 3.63) is 18.1 Å². The van der Waals surface area contributed by atoms with Crippen molar-refractivity contribution in [1.29, 1.82) is 0 Å². The largest absolute Gasteiger partial charge is 0.350 e. The van der Waals surface area contributed by atoms with Crippen molar-refractivity contribution in [3.8, 4) is 0 Å². The molecule has 2 saturated heterocycles. The first kappa shape index (κ1) is 13.8. The Hall–Kier alpha value is -1.20. The predicted molar refractivity (Wildman–Crippen MR) is 80.8 cm³/mol. The van der Waals surface area contributed by atoms with E-state index in [1.807, 2.05) is 19.4 Å². The number of piperidine rings is 1. The zero-order chi connectivity index (χ0) is 13.9. The molecule has 20 heavy (non-hydrogen) atoms. The summed E-state index contributed by atoms with van der Waals surface area (Å²) in [4.78, 5) is 14.2. The Morgan fingerprint density at radius 1 is 1.25 bits per heavy atom. The van der Waals surface area contributed by atoms with Crippen LogP contribution in [0, 0.1) is 0 Å². The van der Waals surface area contributed by atoms with Crippen molar-refractivity contribution >= 4 is 5.82 Å². The number of nitrogens with zero attached hydrogens (tertiary/aromatic N) is 4. The van der Waals surface area contributed by atoms with Crippen LogP contribution in [0.1, 0.15) is 31.9 Å². The SMILES string of the molecule is CNCc1cnc(N2CC3CCCCN3CC2C)cn1. The molecule has 0 aliphatic carbocycles. The van der Waals surface area contributed by atoms with Gasteiger partial charge in [0.2, 0.25) is 0 Å². The Balaban J connectivity index is 1.72. The molecule has 0 saturated carbocycles. The lowest BCUT2D eigenvalue weighted by molar-refractivity contribution is 0.115. The van der Waals surface area contributed by atoms with E-state index in [9.17, 15) is 0 Å². The normalized spacial score (nSPS) is 27.4. The van der Waals surface area contributed by atoms with Crippen molar-refractivity contribution in [3.63, 3.8) is 0 Å². The Kier molecular flexibility index (Phi) is 4.17. The quantitative estimate of drug-likeness (QED) is 0.900. The highest BCUT2D eigenvalue weighted by molar-refractivity contribution is 5.38. The highest BCUT2D eigenvalue weighted by Crippen LogP contribution is 2.26. The van der Waals surface area contributed by atoms with E-state index in [1.54, 1.807) is 0 Å². The van der Waals surface area contributed by atoms with Crippen molar-refractivity contribution < 1.29 is 0 Å². The molecule has 5 heteroatoms. The third kappa shape index (κ3) is 2.79. The molecule has 110 valence electrons. The van der Waals surface area contributed by atoms with Gasteiger partial charge < -0.3 is 10.2 Å². The molecule has 0 aromatic carbocycles. The molecule has 0 amide bonds. The van der Waals surface area contributed by atoms with Gasteiger partial charge in [0.15, 0.2) is 0 Å². The van der Waals surface area contributed by atoms with Crippen LogP contribution in [0.15, 0.2) is 12.4 Å². The monoisotopic (exact) mass is 275 g/mol. The van der Waals surface area contributed by atoms with Gasteiger partial charge in [-0.25, -0.2) is 4.98 Å². The van der Waals surface area contributed by atoms with Crippen LogP contribution in [0.5, 0.6) is 0 Å². The van der Waals surface area contributed by atoms with Gasteiger partial charge in [0.1, 0.15) is 5.82 Å². The number of hydrogen-bond acceptors (Lipinski definition) is 5. The molecular weight excluding hydrogens is 250 g/mol. The first-order chi connectivity index (χ1) is 9.78. The molecule has 3 rings (SSSR count). The Labute approximate surface area is 121 Å². The van der Waals surface area contributed by atoms with Gasteiger partial charge in [-0.1, -0.05) is 6.42 Å². The van der Waals surface area contributed by atoms with Gasteiger partial charge in [0, 0.05) is 31.7 Å². The minimum Gasteiger partial charge on any atom is -0.350 e. The maximum atomic E-state index is 4.61. The number of fused-ring (bicyclic) bond motifs is 1. The van der Waals surface area contributed by atoms with Crippen LogP contribution in [-0.4, -0.2) is 53.6 Å². The van der Waals surface area contributed by atoms with Gasteiger partial charge in [-0.2, -0.15) is 0 Å². The molecule has 3 heterocycles. The summed E-state index contributed by atoms with van der Waals surface area (Å²) in [6.45, 7) is 6.61. The molecular formula is C15H25N5. The second kappa shape index (κ2) is 6.06. The van der Waals surface area contributed by atoms with Crippen LogP contribution < -0.4 is 10.2 Å². The molecule has 2 fully saturated rings. The zero-order valence-electron chi connectivity index (χ0n) is 12.5. The van der Waals surface area contributed by atoms with Crippen molar-refractivity contribution in [2.75, 3.05) is 31.6 Å². The fourth-order valence-corrected chi connectivity index (χ4v) is 3.44. The van der Waals surface area contributed by atoms with Crippen LogP contribution >= 0.6 is 0 Å². The lowest BCUT2D eigenvalue weighted by Crippen LogP contribution is -2.59. The molecule has 0 radical (unpaired) electrons. The maximum Gasteiger partial charge on any atom is 0.147 e. The summed E-state index contributed by atoms with van der Waals surface area (Å²) in [6.07, 6.45) is 7.89. The van der Waals surface area contributed by atoms with Gasteiger partial charge in [0.25, 0.3) is 0 Å². The van der Waals surface area contributed by atoms with E-state index < -0.39 is 0 Å². The van der Waals surface area contributed by atoms with Crippen LogP contribution in [0.2, 0.25) is 0 Å². The average Bonchev–Trinajstić information content (AvgIpc) is 2.48. The fourth-order valence-electron chi connectivity index (χ4n) is 3.44. The summed E-state index contributed by atoms with van der Waals surface area (Å²) < 4.78 is 0. The lowest BCUT2D eigenvalue weighted by atomic mass is 9.97. The second-order valence-electron chi connectivity index (χ2n) is 6.04. The van der Waals surface area contributed by atoms with E-state index in [4.69, 9.17) is 0 Å². The van der Waals surface area contributed by atoms with Gasteiger partial charge in [-0.05, 0) is 33.4 Å². The third-order valence-corrected chi connectivity index (χ3v) is 4.53. The number of anilines is 1. The van der Waals surface area contributed by atoms with E-state index >= 15 is 0 Å². The summed E-state index contributed by atoms with van der Waals surface area (Å²) in [6, 6.07) is 1.23. The standard InChI is InChI=1S/C15H25N5/c1-12-10-19-6-4-3-5-14(19)11-20(12)15-9-17-13(7-16-2)8-18-15/h8-9,12,14,16H,3-7,10-11H2,1-2H3. The molecule has 0 bridgehead atoms. The first-order valence-corrected chi connectivity index (χ1v) is 7.74. The molecule has 1 N–H and O–H groups in total.